The van der Waals surface area contributed by atoms with E-state index in [-0.39, 0.29) is 0 Å². The van der Waals surface area contributed by atoms with Gasteiger partial charge in [0.25, 0.3) is 0 Å². The van der Waals surface area contributed by atoms with Crippen LogP contribution in [-0.4, -0.2) is 22.6 Å². The van der Waals surface area contributed by atoms with Gasteiger partial charge in [-0.1, -0.05) is 0 Å². The van der Waals surface area contributed by atoms with E-state index < -0.39 is 0 Å². The van der Waals surface area contributed by atoms with Crippen LogP contribution in [0, 0.1) is 5.92 Å². The van der Waals surface area contributed by atoms with E-state index in [0.29, 0.717) is 5.92 Å². The van der Waals surface area contributed by atoms with Crippen molar-refractivity contribution < 1.29 is 0 Å². The van der Waals surface area contributed by atoms with Crippen LogP contribution in [0.3, 0.4) is 0 Å². The zero-order chi connectivity index (χ0) is 10.1. The summed E-state index contributed by atoms with van der Waals surface area (Å²) in [6.45, 7) is 1.18. The second-order valence-electron chi connectivity index (χ2n) is 4.80. The number of aromatic nitrogens is 2. The Bertz CT molecular complexity index is 321. The summed E-state index contributed by atoms with van der Waals surface area (Å²) >= 11 is 0. The molecule has 0 amide bonds. The first-order valence-corrected chi connectivity index (χ1v) is 5.92. The van der Waals surface area contributed by atoms with Gasteiger partial charge in [-0.25, -0.2) is 9.97 Å². The molecule has 0 radical (unpaired) electrons. The van der Waals surface area contributed by atoms with Gasteiger partial charge in [0.2, 0.25) is 0 Å². The summed E-state index contributed by atoms with van der Waals surface area (Å²) in [5.74, 6) is 1.52. The monoisotopic (exact) mass is 203 g/mol. The maximum Gasteiger partial charge on any atom is 0.115 e. The number of nitrogens with zero attached hydrogens (tertiary/aromatic N) is 2. The van der Waals surface area contributed by atoms with E-state index in [1.54, 1.807) is 6.33 Å². The maximum absolute atomic E-state index is 4.10. The molecule has 1 heterocycles. The predicted molar refractivity (Wildman–Crippen MR) is 58.5 cm³/mol. The molecule has 15 heavy (non-hydrogen) atoms. The zero-order valence-corrected chi connectivity index (χ0v) is 8.89. The molecule has 1 aromatic rings. The average Bonchev–Trinajstić information content (AvgIpc) is 3.02. The van der Waals surface area contributed by atoms with E-state index in [4.69, 9.17) is 0 Å². The van der Waals surface area contributed by atoms with Gasteiger partial charge >= 0.3 is 0 Å². The third-order valence-electron chi connectivity index (χ3n) is 3.67. The molecule has 0 aromatic carbocycles. The van der Waals surface area contributed by atoms with Crippen molar-refractivity contribution in [1.29, 1.82) is 0 Å². The van der Waals surface area contributed by atoms with Crippen molar-refractivity contribution in [2.75, 3.05) is 6.54 Å². The molecule has 2 fully saturated rings. The Kier molecular flexibility index (Phi) is 2.41. The van der Waals surface area contributed by atoms with Gasteiger partial charge in [0.05, 0.1) is 0 Å². The van der Waals surface area contributed by atoms with Gasteiger partial charge in [0.15, 0.2) is 0 Å². The summed E-state index contributed by atoms with van der Waals surface area (Å²) in [4.78, 5) is 8.20. The van der Waals surface area contributed by atoms with Crippen LogP contribution in [0.25, 0.3) is 0 Å². The standard InChI is InChI=1S/C12H17N3/c1-4-12(10-5-13-8-14-6-10)9(1)7-15-11-2-3-11/h5-6,8-9,11-12,15H,1-4,7H2. The summed E-state index contributed by atoms with van der Waals surface area (Å²) in [5, 5.41) is 3.62. The highest BCUT2D eigenvalue weighted by molar-refractivity contribution is 5.15. The molecule has 80 valence electrons. The second kappa shape index (κ2) is 3.89. The van der Waals surface area contributed by atoms with E-state index in [0.717, 1.165) is 12.0 Å². The van der Waals surface area contributed by atoms with Crippen LogP contribution < -0.4 is 5.32 Å². The van der Waals surface area contributed by atoms with Crippen molar-refractivity contribution in [1.82, 2.24) is 15.3 Å². The summed E-state index contributed by atoms with van der Waals surface area (Å²) in [6, 6.07) is 0.832. The molecule has 2 aliphatic carbocycles. The summed E-state index contributed by atoms with van der Waals surface area (Å²) in [5.41, 5.74) is 1.33. The third-order valence-corrected chi connectivity index (χ3v) is 3.67. The minimum absolute atomic E-state index is 0.706. The Labute approximate surface area is 90.3 Å². The van der Waals surface area contributed by atoms with Crippen molar-refractivity contribution in [3.05, 3.63) is 24.3 Å². The molecule has 3 heteroatoms. The van der Waals surface area contributed by atoms with Crippen LogP contribution in [0.1, 0.15) is 37.2 Å². The molecule has 2 saturated carbocycles. The van der Waals surface area contributed by atoms with Gasteiger partial charge in [0.1, 0.15) is 6.33 Å². The second-order valence-corrected chi connectivity index (χ2v) is 4.80. The van der Waals surface area contributed by atoms with Gasteiger partial charge in [-0.15, -0.1) is 0 Å². The highest BCUT2D eigenvalue weighted by atomic mass is 15.0. The van der Waals surface area contributed by atoms with E-state index in [1.165, 1.54) is 37.8 Å². The normalized spacial score (nSPS) is 29.9. The Morgan fingerprint density at radius 2 is 1.93 bits per heavy atom. The minimum atomic E-state index is 0.706. The van der Waals surface area contributed by atoms with Crippen LogP contribution in [0.15, 0.2) is 18.7 Å². The highest BCUT2D eigenvalue weighted by Gasteiger charge is 2.33. The summed E-state index contributed by atoms with van der Waals surface area (Å²) in [6.07, 6.45) is 11.0. The Morgan fingerprint density at radius 1 is 1.13 bits per heavy atom. The van der Waals surface area contributed by atoms with Crippen molar-refractivity contribution in [3.8, 4) is 0 Å². The number of hydrogen-bond acceptors (Lipinski definition) is 3. The Morgan fingerprint density at radius 3 is 2.53 bits per heavy atom. The molecule has 0 spiro atoms. The van der Waals surface area contributed by atoms with Gasteiger partial charge in [0, 0.05) is 18.4 Å². The molecular weight excluding hydrogens is 186 g/mol. The fourth-order valence-corrected chi connectivity index (χ4v) is 2.36. The van der Waals surface area contributed by atoms with Gasteiger partial charge in [-0.2, -0.15) is 0 Å². The maximum atomic E-state index is 4.10. The van der Waals surface area contributed by atoms with Crippen molar-refractivity contribution in [3.63, 3.8) is 0 Å². The summed E-state index contributed by atoms with van der Waals surface area (Å²) in [7, 11) is 0. The lowest BCUT2D eigenvalue weighted by Gasteiger charge is -2.36. The lowest BCUT2D eigenvalue weighted by Crippen LogP contribution is -2.34. The molecule has 0 aliphatic heterocycles. The molecule has 0 saturated heterocycles. The van der Waals surface area contributed by atoms with Crippen molar-refractivity contribution in [2.24, 2.45) is 5.92 Å². The first-order valence-electron chi connectivity index (χ1n) is 5.92. The van der Waals surface area contributed by atoms with Crippen LogP contribution in [-0.2, 0) is 0 Å². The molecular formula is C12H17N3. The van der Waals surface area contributed by atoms with E-state index >= 15 is 0 Å². The molecule has 2 atom stereocenters. The van der Waals surface area contributed by atoms with Gasteiger partial charge in [-0.3, -0.25) is 0 Å². The van der Waals surface area contributed by atoms with E-state index in [9.17, 15) is 0 Å². The highest BCUT2D eigenvalue weighted by Crippen LogP contribution is 2.41. The molecule has 0 bridgehead atoms. The van der Waals surface area contributed by atoms with Crippen LogP contribution in [0.2, 0.25) is 0 Å². The minimum Gasteiger partial charge on any atom is -0.314 e. The SMILES string of the molecule is c1ncc(C2CCC2CNC2CC2)cn1. The molecule has 2 aliphatic rings. The van der Waals surface area contributed by atoms with Crippen LogP contribution in [0.4, 0.5) is 0 Å². The third kappa shape index (κ3) is 2.02. The lowest BCUT2D eigenvalue weighted by atomic mass is 9.70. The smallest absolute Gasteiger partial charge is 0.115 e. The molecule has 1 N–H and O–H groups in total. The van der Waals surface area contributed by atoms with E-state index in [2.05, 4.69) is 15.3 Å². The molecule has 1 aromatic heterocycles. The number of nitrogens with one attached hydrogen (secondary N) is 1. The Hall–Kier alpha value is -0.960. The topological polar surface area (TPSA) is 37.8 Å². The summed E-state index contributed by atoms with van der Waals surface area (Å²) < 4.78 is 0. The lowest BCUT2D eigenvalue weighted by molar-refractivity contribution is 0.244. The predicted octanol–water partition coefficient (Wildman–Crippen LogP) is 1.72. The molecule has 2 unspecified atom stereocenters. The fourth-order valence-electron chi connectivity index (χ4n) is 2.36. The van der Waals surface area contributed by atoms with Crippen molar-refractivity contribution in [2.45, 2.75) is 37.6 Å². The quantitative estimate of drug-likeness (QED) is 0.809. The van der Waals surface area contributed by atoms with Gasteiger partial charge < -0.3 is 5.32 Å². The zero-order valence-electron chi connectivity index (χ0n) is 8.89. The number of hydrogen-bond donors (Lipinski definition) is 1. The fraction of sp³-hybridized carbons (Fsp3) is 0.667. The van der Waals surface area contributed by atoms with Crippen LogP contribution >= 0.6 is 0 Å². The van der Waals surface area contributed by atoms with Crippen LogP contribution in [0.5, 0.6) is 0 Å². The first-order chi connectivity index (χ1) is 7.43. The number of rotatable bonds is 4. The largest absolute Gasteiger partial charge is 0.314 e. The molecule has 3 nitrogen and oxygen atoms in total. The van der Waals surface area contributed by atoms with Gasteiger partial charge in [-0.05, 0) is 49.6 Å². The molecule has 3 rings (SSSR count). The average molecular weight is 203 g/mol. The Balaban J connectivity index is 1.57. The van der Waals surface area contributed by atoms with E-state index in [1.807, 2.05) is 12.4 Å². The first kappa shape index (κ1) is 9.28. The van der Waals surface area contributed by atoms with Crippen molar-refractivity contribution >= 4 is 0 Å².